The molecule has 8 heteroatoms. The van der Waals surface area contributed by atoms with E-state index in [1.54, 1.807) is 12.1 Å². The fraction of sp³-hybridized carbons (Fsp3) is 0.304. The van der Waals surface area contributed by atoms with Gasteiger partial charge >= 0.3 is 0 Å². The van der Waals surface area contributed by atoms with Crippen LogP contribution in [0.15, 0.2) is 48.5 Å². The van der Waals surface area contributed by atoms with E-state index in [0.29, 0.717) is 6.54 Å². The van der Waals surface area contributed by atoms with E-state index in [1.165, 1.54) is 15.4 Å². The summed E-state index contributed by atoms with van der Waals surface area (Å²) in [4.78, 5) is 3.74. The molecule has 0 radical (unpaired) electrons. The average molecular weight is 479 g/mol. The third-order valence-electron chi connectivity index (χ3n) is 5.75. The monoisotopic (exact) mass is 478 g/mol. The lowest BCUT2D eigenvalue weighted by atomic mass is 10.2. The molecule has 2 aliphatic heterocycles. The first-order valence-corrected chi connectivity index (χ1v) is 11.5. The largest absolute Gasteiger partial charge is 0.379 e. The number of rotatable bonds is 3. The van der Waals surface area contributed by atoms with Crippen LogP contribution in [-0.2, 0) is 13.0 Å². The Morgan fingerprint density at radius 1 is 1.06 bits per heavy atom. The van der Waals surface area contributed by atoms with Crippen LogP contribution in [0.5, 0.6) is 0 Å². The van der Waals surface area contributed by atoms with Gasteiger partial charge in [0.1, 0.15) is 10.8 Å². The number of piperazine rings is 1. The maximum absolute atomic E-state index is 14.0. The summed E-state index contributed by atoms with van der Waals surface area (Å²) in [5.74, 6) is -0.216. The van der Waals surface area contributed by atoms with Gasteiger partial charge in [-0.25, -0.2) is 9.40 Å². The van der Waals surface area contributed by atoms with E-state index in [9.17, 15) is 4.39 Å². The van der Waals surface area contributed by atoms with E-state index < -0.39 is 0 Å². The molecule has 1 aromatic heterocycles. The van der Waals surface area contributed by atoms with Crippen LogP contribution in [0.3, 0.4) is 0 Å². The fourth-order valence-electron chi connectivity index (χ4n) is 4.20. The van der Waals surface area contributed by atoms with Gasteiger partial charge in [-0.3, -0.25) is 5.01 Å². The molecule has 1 fully saturated rings. The predicted molar refractivity (Wildman–Crippen MR) is 132 cm³/mol. The van der Waals surface area contributed by atoms with Crippen LogP contribution < -0.4 is 15.2 Å². The number of hydrazine groups is 1. The van der Waals surface area contributed by atoms with Crippen LogP contribution >= 0.6 is 35.3 Å². The lowest BCUT2D eigenvalue weighted by molar-refractivity contribution is 0.263. The Morgan fingerprint density at radius 2 is 1.87 bits per heavy atom. The molecule has 0 amide bonds. The zero-order valence-electron chi connectivity index (χ0n) is 17.3. The number of halogens is 3. The van der Waals surface area contributed by atoms with E-state index in [4.69, 9.17) is 11.6 Å². The molecule has 1 saturated heterocycles. The Bertz CT molecular complexity index is 1070. The van der Waals surface area contributed by atoms with Gasteiger partial charge in [0.2, 0.25) is 0 Å². The van der Waals surface area contributed by atoms with Crippen LogP contribution in [0.25, 0.3) is 0 Å². The number of anilines is 4. The van der Waals surface area contributed by atoms with Crippen molar-refractivity contribution in [3.8, 4) is 0 Å². The van der Waals surface area contributed by atoms with Crippen LogP contribution in [0.1, 0.15) is 17.4 Å². The van der Waals surface area contributed by atoms with Crippen molar-refractivity contribution in [1.82, 2.24) is 5.01 Å². The Kier molecular flexibility index (Phi) is 6.63. The molecular weight excluding hydrogens is 454 g/mol. The molecule has 0 unspecified atom stereocenters. The summed E-state index contributed by atoms with van der Waals surface area (Å²) in [6, 6.07) is 15.4. The standard InChI is InChI=1S/C23H24ClFN4S.ClH/c1-2-20-12-16-15-26-21-14-18(25)6-7-22(21)29(23(16)30-20)28-10-8-27(9-11-28)19-5-3-4-17(24)13-19;/h3-7,12-14,26H,2,8-11,15H2,1H3;1H. The highest BCUT2D eigenvalue weighted by molar-refractivity contribution is 7.16. The topological polar surface area (TPSA) is 21.8 Å². The van der Waals surface area contributed by atoms with Crippen LogP contribution in [-0.4, -0.2) is 31.2 Å². The Balaban J connectivity index is 0.00000231. The number of nitrogens with zero attached hydrogens (tertiary/aromatic N) is 3. The Labute approximate surface area is 197 Å². The summed E-state index contributed by atoms with van der Waals surface area (Å²) >= 11 is 8.03. The maximum Gasteiger partial charge on any atom is 0.125 e. The smallest absolute Gasteiger partial charge is 0.125 e. The van der Waals surface area contributed by atoms with E-state index in [-0.39, 0.29) is 18.2 Å². The third kappa shape index (κ3) is 4.35. The van der Waals surface area contributed by atoms with Crippen LogP contribution in [0.4, 0.5) is 26.5 Å². The van der Waals surface area contributed by atoms with Crippen molar-refractivity contribution in [2.24, 2.45) is 0 Å². The molecule has 0 bridgehead atoms. The summed E-state index contributed by atoms with van der Waals surface area (Å²) < 4.78 is 14.0. The van der Waals surface area contributed by atoms with Gasteiger partial charge in [-0.15, -0.1) is 23.7 Å². The first-order chi connectivity index (χ1) is 14.6. The molecule has 3 heterocycles. The summed E-state index contributed by atoms with van der Waals surface area (Å²) in [5.41, 5.74) is 4.28. The van der Waals surface area contributed by atoms with Crippen molar-refractivity contribution in [3.63, 3.8) is 0 Å². The third-order valence-corrected chi connectivity index (χ3v) is 7.28. The zero-order chi connectivity index (χ0) is 20.7. The lowest BCUT2D eigenvalue weighted by Gasteiger charge is -2.42. The summed E-state index contributed by atoms with van der Waals surface area (Å²) in [6.45, 7) is 6.46. The number of aryl methyl sites for hydroxylation is 1. The molecule has 31 heavy (non-hydrogen) atoms. The number of nitrogens with one attached hydrogen (secondary N) is 1. The number of thiophene rings is 1. The van der Waals surface area contributed by atoms with Crippen LogP contribution in [0, 0.1) is 5.82 Å². The SMILES string of the molecule is CCc1cc2c(s1)N(N1CCN(c3cccc(Cl)c3)CC1)c1ccc(F)cc1NC2.Cl. The molecule has 0 spiro atoms. The second-order valence-electron chi connectivity index (χ2n) is 7.64. The van der Waals surface area contributed by atoms with Gasteiger partial charge in [0.15, 0.2) is 0 Å². The van der Waals surface area contributed by atoms with Crippen molar-refractivity contribution < 1.29 is 4.39 Å². The van der Waals surface area contributed by atoms with Crippen molar-refractivity contribution >= 4 is 57.4 Å². The van der Waals surface area contributed by atoms with Gasteiger partial charge < -0.3 is 10.2 Å². The highest BCUT2D eigenvalue weighted by Gasteiger charge is 2.30. The minimum absolute atomic E-state index is 0. The first kappa shape index (κ1) is 22.2. The van der Waals surface area contributed by atoms with Crippen molar-refractivity contribution in [2.75, 3.05) is 41.4 Å². The van der Waals surface area contributed by atoms with E-state index in [0.717, 1.165) is 54.7 Å². The molecule has 0 aliphatic carbocycles. The Hall–Kier alpha value is -1.99. The molecule has 164 valence electrons. The number of benzene rings is 2. The molecule has 3 aromatic rings. The van der Waals surface area contributed by atoms with E-state index in [1.807, 2.05) is 35.6 Å². The van der Waals surface area contributed by atoms with Gasteiger partial charge in [0.05, 0.1) is 11.4 Å². The minimum Gasteiger partial charge on any atom is -0.379 e. The van der Waals surface area contributed by atoms with Crippen LogP contribution in [0.2, 0.25) is 5.02 Å². The molecule has 2 aromatic carbocycles. The molecule has 4 nitrogen and oxygen atoms in total. The summed E-state index contributed by atoms with van der Waals surface area (Å²) in [5, 5.41) is 10.1. The lowest BCUT2D eigenvalue weighted by Crippen LogP contribution is -2.52. The molecule has 0 atom stereocenters. The van der Waals surface area contributed by atoms with Gasteiger partial charge in [-0.1, -0.05) is 24.6 Å². The maximum atomic E-state index is 14.0. The quantitative estimate of drug-likeness (QED) is 0.474. The second kappa shape index (κ2) is 9.25. The van der Waals surface area contributed by atoms with Crippen molar-refractivity contribution in [2.45, 2.75) is 19.9 Å². The number of hydrogen-bond donors (Lipinski definition) is 1. The van der Waals surface area contributed by atoms with Gasteiger partial charge in [-0.05, 0) is 48.9 Å². The predicted octanol–water partition coefficient (Wildman–Crippen LogP) is 6.33. The summed E-state index contributed by atoms with van der Waals surface area (Å²) in [6.07, 6.45) is 1.02. The highest BCUT2D eigenvalue weighted by Crippen LogP contribution is 2.44. The molecular formula is C23H25Cl2FN4S. The zero-order valence-corrected chi connectivity index (χ0v) is 19.7. The first-order valence-electron chi connectivity index (χ1n) is 10.3. The molecule has 5 rings (SSSR count). The molecule has 1 N–H and O–H groups in total. The molecule has 2 aliphatic rings. The van der Waals surface area contributed by atoms with Gasteiger partial charge in [0, 0.05) is 53.9 Å². The fourth-order valence-corrected chi connectivity index (χ4v) is 5.54. The Morgan fingerprint density at radius 3 is 2.61 bits per heavy atom. The average Bonchev–Trinajstić information content (AvgIpc) is 3.11. The molecule has 0 saturated carbocycles. The van der Waals surface area contributed by atoms with Gasteiger partial charge in [0.25, 0.3) is 0 Å². The summed E-state index contributed by atoms with van der Waals surface area (Å²) in [7, 11) is 0. The normalized spacial score (nSPS) is 16.1. The highest BCUT2D eigenvalue weighted by atomic mass is 35.5. The van der Waals surface area contributed by atoms with Crippen molar-refractivity contribution in [1.29, 1.82) is 0 Å². The van der Waals surface area contributed by atoms with Gasteiger partial charge in [-0.2, -0.15) is 0 Å². The number of fused-ring (bicyclic) bond motifs is 2. The van der Waals surface area contributed by atoms with E-state index >= 15 is 0 Å². The van der Waals surface area contributed by atoms with E-state index in [2.05, 4.69) is 39.3 Å². The van der Waals surface area contributed by atoms with Crippen molar-refractivity contribution in [3.05, 3.63) is 69.8 Å². The second-order valence-corrected chi connectivity index (χ2v) is 9.20. The minimum atomic E-state index is -0.216. The number of hydrogen-bond acceptors (Lipinski definition) is 5.